The SMILES string of the molecule is COc1ccc(OC)c(C(CN)N(C)C(C)CSC)c1. The molecule has 2 N–H and O–H groups in total. The van der Waals surface area contributed by atoms with Crippen LogP contribution < -0.4 is 15.2 Å². The molecule has 2 unspecified atom stereocenters. The molecule has 5 heteroatoms. The first-order valence-electron chi connectivity index (χ1n) is 6.71. The van der Waals surface area contributed by atoms with Crippen LogP contribution in [0.2, 0.25) is 0 Å². The van der Waals surface area contributed by atoms with E-state index in [-0.39, 0.29) is 6.04 Å². The van der Waals surface area contributed by atoms with Gasteiger partial charge in [-0.3, -0.25) is 4.90 Å². The molecular weight excluding hydrogens is 272 g/mol. The summed E-state index contributed by atoms with van der Waals surface area (Å²) in [5.41, 5.74) is 7.08. The van der Waals surface area contributed by atoms with Gasteiger partial charge < -0.3 is 15.2 Å². The number of nitrogens with zero attached hydrogens (tertiary/aromatic N) is 1. The van der Waals surface area contributed by atoms with Gasteiger partial charge in [-0.2, -0.15) is 11.8 Å². The summed E-state index contributed by atoms with van der Waals surface area (Å²) in [5, 5.41) is 0. The summed E-state index contributed by atoms with van der Waals surface area (Å²) in [6.45, 7) is 2.75. The minimum atomic E-state index is 0.113. The van der Waals surface area contributed by atoms with Crippen LogP contribution in [0, 0.1) is 0 Å². The number of benzene rings is 1. The molecule has 2 atom stereocenters. The molecule has 0 bridgehead atoms. The van der Waals surface area contributed by atoms with Gasteiger partial charge in [-0.1, -0.05) is 0 Å². The first-order valence-corrected chi connectivity index (χ1v) is 8.11. The van der Waals surface area contributed by atoms with E-state index in [0.29, 0.717) is 12.6 Å². The fourth-order valence-corrected chi connectivity index (χ4v) is 3.00. The van der Waals surface area contributed by atoms with E-state index in [0.717, 1.165) is 22.8 Å². The van der Waals surface area contributed by atoms with Crippen molar-refractivity contribution >= 4 is 11.8 Å². The number of nitrogens with two attached hydrogens (primary N) is 1. The number of likely N-dealkylation sites (N-methyl/N-ethyl adjacent to an activating group) is 1. The highest BCUT2D eigenvalue weighted by Gasteiger charge is 2.23. The van der Waals surface area contributed by atoms with Crippen molar-refractivity contribution < 1.29 is 9.47 Å². The van der Waals surface area contributed by atoms with Gasteiger partial charge in [0, 0.05) is 23.9 Å². The lowest BCUT2D eigenvalue weighted by molar-refractivity contribution is 0.200. The molecule has 0 aliphatic carbocycles. The Labute approximate surface area is 126 Å². The highest BCUT2D eigenvalue weighted by molar-refractivity contribution is 7.98. The summed E-state index contributed by atoms with van der Waals surface area (Å²) in [5.74, 6) is 2.74. The molecule has 4 nitrogen and oxygen atoms in total. The second kappa shape index (κ2) is 8.39. The van der Waals surface area contributed by atoms with Crippen LogP contribution in [0.1, 0.15) is 18.5 Å². The molecule has 0 saturated heterocycles. The third-order valence-electron chi connectivity index (χ3n) is 3.61. The molecule has 0 heterocycles. The Balaban J connectivity index is 3.09. The molecule has 20 heavy (non-hydrogen) atoms. The lowest BCUT2D eigenvalue weighted by atomic mass is 10.0. The Hall–Kier alpha value is -0.910. The highest BCUT2D eigenvalue weighted by atomic mass is 32.2. The molecule has 0 spiro atoms. The van der Waals surface area contributed by atoms with E-state index in [9.17, 15) is 0 Å². The zero-order valence-electron chi connectivity index (χ0n) is 13.1. The van der Waals surface area contributed by atoms with Crippen molar-refractivity contribution in [2.24, 2.45) is 5.73 Å². The average Bonchev–Trinajstić information content (AvgIpc) is 2.47. The second-order valence-electron chi connectivity index (χ2n) is 4.83. The highest BCUT2D eigenvalue weighted by Crippen LogP contribution is 2.32. The zero-order valence-corrected chi connectivity index (χ0v) is 13.9. The van der Waals surface area contributed by atoms with Crippen LogP contribution in [-0.4, -0.2) is 50.8 Å². The normalized spacial score (nSPS) is 14.2. The largest absolute Gasteiger partial charge is 0.497 e. The fourth-order valence-electron chi connectivity index (χ4n) is 2.28. The molecule has 114 valence electrons. The van der Waals surface area contributed by atoms with Gasteiger partial charge in [-0.25, -0.2) is 0 Å². The topological polar surface area (TPSA) is 47.7 Å². The van der Waals surface area contributed by atoms with Crippen molar-refractivity contribution in [1.82, 2.24) is 4.90 Å². The zero-order chi connectivity index (χ0) is 15.1. The molecule has 0 amide bonds. The van der Waals surface area contributed by atoms with E-state index < -0.39 is 0 Å². The standard InChI is InChI=1S/C15H26N2O2S/c1-11(10-20-5)17(2)14(9-16)13-8-12(18-3)6-7-15(13)19-4/h6-8,11,14H,9-10,16H2,1-5H3. The lowest BCUT2D eigenvalue weighted by Crippen LogP contribution is -2.38. The minimum Gasteiger partial charge on any atom is -0.497 e. The van der Waals surface area contributed by atoms with E-state index >= 15 is 0 Å². The van der Waals surface area contributed by atoms with Crippen molar-refractivity contribution in [1.29, 1.82) is 0 Å². The van der Waals surface area contributed by atoms with Crippen LogP contribution in [0.15, 0.2) is 18.2 Å². The van der Waals surface area contributed by atoms with Gasteiger partial charge in [0.25, 0.3) is 0 Å². The average molecular weight is 298 g/mol. The second-order valence-corrected chi connectivity index (χ2v) is 5.74. The van der Waals surface area contributed by atoms with Gasteiger partial charge >= 0.3 is 0 Å². The van der Waals surface area contributed by atoms with Crippen LogP contribution in [0.4, 0.5) is 0 Å². The predicted octanol–water partition coefficient (Wildman–Crippen LogP) is 2.39. The third-order valence-corrected chi connectivity index (χ3v) is 4.43. The van der Waals surface area contributed by atoms with Crippen molar-refractivity contribution in [2.45, 2.75) is 19.0 Å². The number of rotatable bonds is 8. The summed E-state index contributed by atoms with van der Waals surface area (Å²) in [6, 6.07) is 6.40. The summed E-state index contributed by atoms with van der Waals surface area (Å²) in [7, 11) is 5.46. The maximum Gasteiger partial charge on any atom is 0.123 e. The molecule has 1 rings (SSSR count). The third kappa shape index (κ3) is 4.04. The number of methoxy groups -OCH3 is 2. The maximum atomic E-state index is 6.01. The van der Waals surface area contributed by atoms with E-state index in [1.54, 1.807) is 14.2 Å². The van der Waals surface area contributed by atoms with Gasteiger partial charge in [0.15, 0.2) is 0 Å². The van der Waals surface area contributed by atoms with Crippen molar-refractivity contribution in [3.8, 4) is 11.5 Å². The summed E-state index contributed by atoms with van der Waals surface area (Å²) < 4.78 is 10.8. The lowest BCUT2D eigenvalue weighted by Gasteiger charge is -2.33. The molecule has 0 aliphatic heterocycles. The van der Waals surface area contributed by atoms with E-state index in [1.165, 1.54) is 0 Å². The Morgan fingerprint density at radius 3 is 2.50 bits per heavy atom. The Morgan fingerprint density at radius 1 is 1.30 bits per heavy atom. The van der Waals surface area contributed by atoms with Crippen molar-refractivity contribution in [3.05, 3.63) is 23.8 Å². The van der Waals surface area contributed by atoms with Gasteiger partial charge in [-0.05, 0) is 38.4 Å². The molecule has 0 aliphatic rings. The summed E-state index contributed by atoms with van der Waals surface area (Å²) in [6.07, 6.45) is 2.12. The maximum absolute atomic E-state index is 6.01. The Kier molecular flexibility index (Phi) is 7.19. The van der Waals surface area contributed by atoms with Gasteiger partial charge in [0.1, 0.15) is 11.5 Å². The van der Waals surface area contributed by atoms with Gasteiger partial charge in [0.2, 0.25) is 0 Å². The van der Waals surface area contributed by atoms with E-state index in [1.807, 2.05) is 30.0 Å². The first-order chi connectivity index (χ1) is 9.58. The molecular formula is C15H26N2O2S. The van der Waals surface area contributed by atoms with Crippen molar-refractivity contribution in [3.63, 3.8) is 0 Å². The quantitative estimate of drug-likeness (QED) is 0.798. The number of thioether (sulfide) groups is 1. The van der Waals surface area contributed by atoms with Crippen LogP contribution >= 0.6 is 11.8 Å². The Morgan fingerprint density at radius 2 is 2.00 bits per heavy atom. The summed E-state index contributed by atoms with van der Waals surface area (Å²) in [4.78, 5) is 2.30. The van der Waals surface area contributed by atoms with Crippen LogP contribution in [0.3, 0.4) is 0 Å². The van der Waals surface area contributed by atoms with E-state index in [2.05, 4.69) is 25.1 Å². The van der Waals surface area contributed by atoms with Gasteiger partial charge in [-0.15, -0.1) is 0 Å². The molecule has 0 fully saturated rings. The smallest absolute Gasteiger partial charge is 0.123 e. The first kappa shape index (κ1) is 17.1. The molecule has 1 aromatic carbocycles. The minimum absolute atomic E-state index is 0.113. The van der Waals surface area contributed by atoms with E-state index in [4.69, 9.17) is 15.2 Å². The Bertz CT molecular complexity index is 415. The van der Waals surface area contributed by atoms with Crippen LogP contribution in [0.25, 0.3) is 0 Å². The molecule has 0 saturated carbocycles. The van der Waals surface area contributed by atoms with Crippen molar-refractivity contribution in [2.75, 3.05) is 39.8 Å². The molecule has 1 aromatic rings. The number of hydrogen-bond acceptors (Lipinski definition) is 5. The van der Waals surface area contributed by atoms with Crippen LogP contribution in [0.5, 0.6) is 11.5 Å². The molecule has 0 radical (unpaired) electrons. The predicted molar refractivity (Wildman–Crippen MR) is 86.9 cm³/mol. The fraction of sp³-hybridized carbons (Fsp3) is 0.600. The van der Waals surface area contributed by atoms with Crippen LogP contribution in [-0.2, 0) is 0 Å². The summed E-state index contributed by atoms with van der Waals surface area (Å²) >= 11 is 1.84. The monoisotopic (exact) mass is 298 g/mol. The molecule has 0 aromatic heterocycles. The number of hydrogen-bond donors (Lipinski definition) is 1. The van der Waals surface area contributed by atoms with Gasteiger partial charge in [0.05, 0.1) is 20.3 Å². The number of ether oxygens (including phenoxy) is 2.